The molecule has 0 aromatic heterocycles. The van der Waals surface area contributed by atoms with Crippen LogP contribution in [0.15, 0.2) is 43.0 Å². The van der Waals surface area contributed by atoms with Crippen LogP contribution in [-0.2, 0) is 0 Å². The molecule has 0 aliphatic carbocycles. The fraction of sp³-hybridized carbons (Fsp3) is 0.100. The Bertz CT molecular complexity index is 216. The van der Waals surface area contributed by atoms with E-state index in [0.29, 0.717) is 0 Å². The highest BCUT2D eigenvalue weighted by Crippen LogP contribution is 2.10. The van der Waals surface area contributed by atoms with Crippen molar-refractivity contribution in [2.75, 3.05) is 11.4 Å². The Balaban J connectivity index is 2.68. The molecule has 1 aromatic rings. The molecule has 0 unspecified atom stereocenters. The molecule has 1 heteroatoms. The molecule has 0 atom stereocenters. The molecule has 1 radical (unpaired) electrons. The van der Waals surface area contributed by atoms with Crippen molar-refractivity contribution < 1.29 is 0 Å². The minimum atomic E-state index is 0.782. The molecular formula is C10H12N. The first-order valence-electron chi connectivity index (χ1n) is 3.58. The van der Waals surface area contributed by atoms with E-state index in [9.17, 15) is 0 Å². The lowest BCUT2D eigenvalue weighted by Crippen LogP contribution is -2.12. The summed E-state index contributed by atoms with van der Waals surface area (Å²) in [4.78, 5) is 1.90. The highest BCUT2D eigenvalue weighted by Gasteiger charge is 1.94. The third-order valence-corrected chi connectivity index (χ3v) is 1.47. The Morgan fingerprint density at radius 2 is 1.91 bits per heavy atom. The van der Waals surface area contributed by atoms with Crippen LogP contribution in [0.5, 0.6) is 0 Å². The van der Waals surface area contributed by atoms with E-state index in [-0.39, 0.29) is 0 Å². The van der Waals surface area contributed by atoms with Crippen molar-refractivity contribution in [3.05, 3.63) is 50.0 Å². The smallest absolute Gasteiger partial charge is 0.0369 e. The second-order valence-corrected chi connectivity index (χ2v) is 2.35. The van der Waals surface area contributed by atoms with Crippen LogP contribution in [-0.4, -0.2) is 6.54 Å². The predicted molar refractivity (Wildman–Crippen MR) is 49.3 cm³/mol. The highest BCUT2D eigenvalue weighted by molar-refractivity contribution is 5.46. The van der Waals surface area contributed by atoms with Crippen LogP contribution in [0.4, 0.5) is 5.69 Å². The van der Waals surface area contributed by atoms with Crippen LogP contribution in [0.25, 0.3) is 0 Å². The minimum Gasteiger partial charge on any atom is -0.366 e. The van der Waals surface area contributed by atoms with E-state index in [1.165, 1.54) is 0 Å². The van der Waals surface area contributed by atoms with Gasteiger partial charge in [0.05, 0.1) is 0 Å². The average molecular weight is 146 g/mol. The van der Waals surface area contributed by atoms with E-state index in [2.05, 4.69) is 13.6 Å². The van der Waals surface area contributed by atoms with Crippen molar-refractivity contribution in [1.29, 1.82) is 0 Å². The third-order valence-electron chi connectivity index (χ3n) is 1.47. The number of hydrogen-bond acceptors (Lipinski definition) is 1. The minimum absolute atomic E-state index is 0.782. The number of rotatable bonds is 3. The maximum absolute atomic E-state index is 3.86. The maximum Gasteiger partial charge on any atom is 0.0369 e. The molecule has 57 valence electrons. The predicted octanol–water partition coefficient (Wildman–Crippen LogP) is 2.47. The zero-order chi connectivity index (χ0) is 8.10. The van der Waals surface area contributed by atoms with Gasteiger partial charge in [0.25, 0.3) is 0 Å². The van der Waals surface area contributed by atoms with Crippen molar-refractivity contribution in [2.45, 2.75) is 0 Å². The van der Waals surface area contributed by atoms with E-state index in [0.717, 1.165) is 12.2 Å². The van der Waals surface area contributed by atoms with Gasteiger partial charge < -0.3 is 4.90 Å². The number of para-hydroxylation sites is 1. The molecule has 0 aliphatic heterocycles. The fourth-order valence-electron chi connectivity index (χ4n) is 0.900. The van der Waals surface area contributed by atoms with Gasteiger partial charge in [-0.05, 0) is 12.1 Å². The number of benzene rings is 1. The van der Waals surface area contributed by atoms with E-state index in [1.807, 2.05) is 41.3 Å². The molecule has 0 aliphatic rings. The molecule has 0 saturated heterocycles. The van der Waals surface area contributed by atoms with Gasteiger partial charge in [-0.3, -0.25) is 0 Å². The molecule has 0 N–H and O–H groups in total. The molecule has 11 heavy (non-hydrogen) atoms. The van der Waals surface area contributed by atoms with Gasteiger partial charge in [-0.2, -0.15) is 0 Å². The summed E-state index contributed by atoms with van der Waals surface area (Å²) in [6.07, 6.45) is 1.83. The molecule has 1 rings (SSSR count). The van der Waals surface area contributed by atoms with E-state index < -0.39 is 0 Å². The van der Waals surface area contributed by atoms with Gasteiger partial charge in [0, 0.05) is 19.3 Å². The Kier molecular flexibility index (Phi) is 2.73. The third kappa shape index (κ3) is 2.11. The Morgan fingerprint density at radius 3 is 2.45 bits per heavy atom. The van der Waals surface area contributed by atoms with Crippen LogP contribution in [0.2, 0.25) is 0 Å². The van der Waals surface area contributed by atoms with Crippen molar-refractivity contribution in [2.24, 2.45) is 0 Å². The molecular weight excluding hydrogens is 134 g/mol. The van der Waals surface area contributed by atoms with Gasteiger partial charge >= 0.3 is 0 Å². The summed E-state index contributed by atoms with van der Waals surface area (Å²) < 4.78 is 0. The van der Waals surface area contributed by atoms with Crippen molar-refractivity contribution in [3.8, 4) is 0 Å². The quantitative estimate of drug-likeness (QED) is 0.592. The lowest BCUT2D eigenvalue weighted by molar-refractivity contribution is 1.09. The molecule has 0 amide bonds. The van der Waals surface area contributed by atoms with Gasteiger partial charge in [0.15, 0.2) is 0 Å². The van der Waals surface area contributed by atoms with Crippen molar-refractivity contribution in [3.63, 3.8) is 0 Å². The lowest BCUT2D eigenvalue weighted by Gasteiger charge is -2.15. The van der Waals surface area contributed by atoms with Gasteiger partial charge in [0.2, 0.25) is 0 Å². The van der Waals surface area contributed by atoms with Gasteiger partial charge in [0.1, 0.15) is 0 Å². The summed E-state index contributed by atoms with van der Waals surface area (Å²) in [6, 6.07) is 10.0. The summed E-state index contributed by atoms with van der Waals surface area (Å²) in [7, 11) is 3.86. The second-order valence-electron chi connectivity index (χ2n) is 2.35. The molecule has 1 aromatic carbocycles. The summed E-state index contributed by atoms with van der Waals surface area (Å²) in [5, 5.41) is 0. The summed E-state index contributed by atoms with van der Waals surface area (Å²) in [5.74, 6) is 0. The Labute approximate surface area is 68.0 Å². The van der Waals surface area contributed by atoms with Crippen LogP contribution in [0.3, 0.4) is 0 Å². The largest absolute Gasteiger partial charge is 0.366 e. The van der Waals surface area contributed by atoms with Gasteiger partial charge in [-0.25, -0.2) is 0 Å². The lowest BCUT2D eigenvalue weighted by atomic mass is 10.3. The maximum atomic E-state index is 3.86. The molecule has 0 heterocycles. The number of nitrogens with zero attached hydrogens (tertiary/aromatic N) is 1. The average Bonchev–Trinajstić information content (AvgIpc) is 2.07. The monoisotopic (exact) mass is 146 g/mol. The van der Waals surface area contributed by atoms with Gasteiger partial charge in [-0.1, -0.05) is 24.3 Å². The second kappa shape index (κ2) is 3.81. The van der Waals surface area contributed by atoms with Crippen LogP contribution >= 0.6 is 0 Å². The molecule has 0 spiro atoms. The van der Waals surface area contributed by atoms with Gasteiger partial charge in [-0.15, -0.1) is 6.58 Å². The van der Waals surface area contributed by atoms with E-state index in [4.69, 9.17) is 0 Å². The van der Waals surface area contributed by atoms with E-state index in [1.54, 1.807) is 0 Å². The molecule has 0 fully saturated rings. The fourth-order valence-corrected chi connectivity index (χ4v) is 0.900. The van der Waals surface area contributed by atoms with E-state index >= 15 is 0 Å². The van der Waals surface area contributed by atoms with Crippen molar-refractivity contribution in [1.82, 2.24) is 0 Å². The first-order valence-corrected chi connectivity index (χ1v) is 3.58. The molecule has 1 nitrogen and oxygen atoms in total. The highest BCUT2D eigenvalue weighted by atomic mass is 15.1. The Morgan fingerprint density at radius 1 is 1.27 bits per heavy atom. The summed E-state index contributed by atoms with van der Waals surface area (Å²) in [6.45, 7) is 4.43. The first kappa shape index (κ1) is 7.86. The summed E-state index contributed by atoms with van der Waals surface area (Å²) in [5.41, 5.74) is 1.12. The number of anilines is 1. The standard InChI is InChI=1S/C10H12N/c1-3-9-11(2)10-7-5-4-6-8-10/h3-8H,1-2,9H2. The zero-order valence-electron chi connectivity index (χ0n) is 6.53. The van der Waals surface area contributed by atoms with Crippen LogP contribution in [0, 0.1) is 7.05 Å². The Hall–Kier alpha value is -1.24. The van der Waals surface area contributed by atoms with Crippen LogP contribution < -0.4 is 4.90 Å². The normalized spacial score (nSPS) is 9.18. The molecule has 0 bridgehead atoms. The summed E-state index contributed by atoms with van der Waals surface area (Å²) >= 11 is 0. The zero-order valence-corrected chi connectivity index (χ0v) is 6.53. The molecule has 0 saturated carbocycles. The van der Waals surface area contributed by atoms with Crippen LogP contribution in [0.1, 0.15) is 0 Å². The SMILES string of the molecule is [CH2]N(CC=C)c1ccccc1. The number of hydrogen-bond donors (Lipinski definition) is 0. The van der Waals surface area contributed by atoms with Crippen molar-refractivity contribution >= 4 is 5.69 Å². The topological polar surface area (TPSA) is 3.24 Å². The first-order chi connectivity index (χ1) is 5.34.